The minimum absolute atomic E-state index is 0.0575. The predicted octanol–water partition coefficient (Wildman–Crippen LogP) is 3.87. The van der Waals surface area contributed by atoms with Crippen molar-refractivity contribution in [2.75, 3.05) is 42.8 Å². The van der Waals surface area contributed by atoms with Gasteiger partial charge in [0, 0.05) is 35.5 Å². The summed E-state index contributed by atoms with van der Waals surface area (Å²) in [7, 11) is 3.69. The Bertz CT molecular complexity index is 381. The maximum atomic E-state index is 11.8. The summed E-state index contributed by atoms with van der Waals surface area (Å²) in [6, 6.07) is 0. The fourth-order valence-corrected chi connectivity index (χ4v) is 5.22. The molecule has 0 radical (unpaired) electrons. The number of ether oxygens (including phenoxy) is 2. The third-order valence-corrected chi connectivity index (χ3v) is 7.15. The zero-order valence-electron chi connectivity index (χ0n) is 16.7. The molecule has 0 saturated carbocycles. The largest absolute Gasteiger partial charge is 0.463 e. The Labute approximate surface area is 171 Å². The highest BCUT2D eigenvalue weighted by Crippen LogP contribution is 2.23. The topological polar surface area (TPSA) is 64.6 Å². The molecule has 0 aromatic heterocycles. The van der Waals surface area contributed by atoms with E-state index >= 15 is 0 Å². The minimum Gasteiger partial charge on any atom is -0.463 e. The van der Waals surface area contributed by atoms with Crippen molar-refractivity contribution in [2.24, 2.45) is 11.8 Å². The number of esters is 1. The van der Waals surface area contributed by atoms with Crippen molar-refractivity contribution in [1.82, 2.24) is 5.32 Å². The monoisotopic (exact) mass is 425 g/mol. The SMILES string of the molecule is CC(C)OCCOC(=O)C(C)CSCCSSCCCNC(=O)C(C)C. The van der Waals surface area contributed by atoms with E-state index in [1.807, 2.05) is 56.2 Å². The Balaban J connectivity index is 3.40. The van der Waals surface area contributed by atoms with Gasteiger partial charge in [0.2, 0.25) is 5.91 Å². The molecule has 8 heteroatoms. The van der Waals surface area contributed by atoms with E-state index in [1.54, 1.807) is 11.8 Å². The molecule has 0 aromatic carbocycles. The Morgan fingerprint density at radius 1 is 0.962 bits per heavy atom. The molecule has 1 unspecified atom stereocenters. The molecular weight excluding hydrogens is 390 g/mol. The van der Waals surface area contributed by atoms with Crippen LogP contribution in [-0.2, 0) is 19.1 Å². The lowest BCUT2D eigenvalue weighted by Gasteiger charge is -2.12. The van der Waals surface area contributed by atoms with Gasteiger partial charge < -0.3 is 14.8 Å². The van der Waals surface area contributed by atoms with Gasteiger partial charge in [-0.3, -0.25) is 9.59 Å². The summed E-state index contributed by atoms with van der Waals surface area (Å²) in [6.45, 7) is 11.2. The summed E-state index contributed by atoms with van der Waals surface area (Å²) in [5.74, 6) is 3.86. The van der Waals surface area contributed by atoms with E-state index < -0.39 is 0 Å². The third kappa shape index (κ3) is 16.1. The van der Waals surface area contributed by atoms with Crippen LogP contribution in [0.1, 0.15) is 41.0 Å². The second-order valence-electron chi connectivity index (χ2n) is 6.51. The molecule has 1 N–H and O–H groups in total. The van der Waals surface area contributed by atoms with Crippen LogP contribution >= 0.6 is 33.3 Å². The molecule has 0 heterocycles. The van der Waals surface area contributed by atoms with Gasteiger partial charge >= 0.3 is 5.97 Å². The quantitative estimate of drug-likeness (QED) is 0.229. The molecule has 0 rings (SSSR count). The van der Waals surface area contributed by atoms with Crippen molar-refractivity contribution in [3.63, 3.8) is 0 Å². The van der Waals surface area contributed by atoms with Gasteiger partial charge in [-0.05, 0) is 20.3 Å². The molecular formula is C18H35NO4S3. The van der Waals surface area contributed by atoms with Crippen molar-refractivity contribution < 1.29 is 19.1 Å². The van der Waals surface area contributed by atoms with E-state index in [4.69, 9.17) is 9.47 Å². The van der Waals surface area contributed by atoms with Crippen LogP contribution in [0.25, 0.3) is 0 Å². The highest BCUT2D eigenvalue weighted by molar-refractivity contribution is 8.76. The lowest BCUT2D eigenvalue weighted by molar-refractivity contribution is -0.149. The molecule has 0 aliphatic heterocycles. The molecule has 5 nitrogen and oxygen atoms in total. The maximum Gasteiger partial charge on any atom is 0.309 e. The first-order valence-corrected chi connectivity index (χ1v) is 12.9. The molecule has 0 spiro atoms. The number of rotatable bonds is 16. The highest BCUT2D eigenvalue weighted by Gasteiger charge is 2.14. The fourth-order valence-electron chi connectivity index (χ4n) is 1.65. The van der Waals surface area contributed by atoms with Gasteiger partial charge in [0.05, 0.1) is 18.6 Å². The number of carbonyl (C=O) groups excluding carboxylic acids is 2. The van der Waals surface area contributed by atoms with Gasteiger partial charge in [0.15, 0.2) is 0 Å². The first-order valence-electron chi connectivity index (χ1n) is 9.22. The van der Waals surface area contributed by atoms with Crippen LogP contribution in [-0.4, -0.2) is 60.8 Å². The van der Waals surface area contributed by atoms with Crippen molar-refractivity contribution in [3.05, 3.63) is 0 Å². The van der Waals surface area contributed by atoms with Crippen LogP contribution in [0.4, 0.5) is 0 Å². The number of thioether (sulfide) groups is 1. The Morgan fingerprint density at radius 2 is 1.65 bits per heavy atom. The van der Waals surface area contributed by atoms with Crippen molar-refractivity contribution >= 4 is 45.2 Å². The average Bonchev–Trinajstić information content (AvgIpc) is 2.59. The molecule has 26 heavy (non-hydrogen) atoms. The van der Waals surface area contributed by atoms with Crippen molar-refractivity contribution in [2.45, 2.75) is 47.1 Å². The molecule has 0 fully saturated rings. The zero-order valence-corrected chi connectivity index (χ0v) is 19.2. The second-order valence-corrected chi connectivity index (χ2v) is 10.4. The lowest BCUT2D eigenvalue weighted by atomic mass is 10.2. The van der Waals surface area contributed by atoms with Crippen LogP contribution < -0.4 is 5.32 Å². The Kier molecular flexibility index (Phi) is 17.0. The normalized spacial score (nSPS) is 12.4. The number of amides is 1. The van der Waals surface area contributed by atoms with Crippen molar-refractivity contribution in [1.29, 1.82) is 0 Å². The molecule has 1 amide bonds. The molecule has 1 atom stereocenters. The Morgan fingerprint density at radius 3 is 2.31 bits per heavy atom. The molecule has 0 aromatic rings. The lowest BCUT2D eigenvalue weighted by Crippen LogP contribution is -2.28. The number of carbonyl (C=O) groups is 2. The van der Waals surface area contributed by atoms with Crippen LogP contribution in [0.5, 0.6) is 0 Å². The number of hydrogen-bond donors (Lipinski definition) is 1. The standard InChI is InChI=1S/C18H35NO4S3/c1-14(2)17(20)19-7-6-10-25-26-12-11-24-13-16(5)18(21)23-9-8-22-15(3)4/h14-16H,6-13H2,1-5H3,(H,19,20). The second kappa shape index (κ2) is 17.1. The van der Waals surface area contributed by atoms with Crippen LogP contribution in [0.15, 0.2) is 0 Å². The van der Waals surface area contributed by atoms with E-state index in [9.17, 15) is 9.59 Å². The van der Waals surface area contributed by atoms with Crippen LogP contribution in [0, 0.1) is 11.8 Å². The van der Waals surface area contributed by atoms with E-state index in [2.05, 4.69) is 5.32 Å². The molecule has 0 bridgehead atoms. The summed E-state index contributed by atoms with van der Waals surface area (Å²) in [5, 5.41) is 2.92. The van der Waals surface area contributed by atoms with E-state index in [-0.39, 0.29) is 29.8 Å². The fraction of sp³-hybridized carbons (Fsp3) is 0.889. The van der Waals surface area contributed by atoms with Gasteiger partial charge in [0.25, 0.3) is 0 Å². The van der Waals surface area contributed by atoms with Gasteiger partial charge in [0.1, 0.15) is 6.61 Å². The molecule has 0 aliphatic rings. The van der Waals surface area contributed by atoms with Gasteiger partial charge in [-0.2, -0.15) is 11.8 Å². The van der Waals surface area contributed by atoms with Crippen LogP contribution in [0.3, 0.4) is 0 Å². The van der Waals surface area contributed by atoms with Gasteiger partial charge in [-0.25, -0.2) is 0 Å². The number of nitrogens with one attached hydrogen (secondary N) is 1. The van der Waals surface area contributed by atoms with Gasteiger partial charge in [-0.15, -0.1) is 0 Å². The highest BCUT2D eigenvalue weighted by atomic mass is 33.1. The summed E-state index contributed by atoms with van der Waals surface area (Å²) in [4.78, 5) is 23.2. The molecule has 154 valence electrons. The van der Waals surface area contributed by atoms with E-state index in [0.29, 0.717) is 13.2 Å². The smallest absolute Gasteiger partial charge is 0.309 e. The van der Waals surface area contributed by atoms with Crippen LogP contribution in [0.2, 0.25) is 0 Å². The maximum absolute atomic E-state index is 11.8. The number of hydrogen-bond acceptors (Lipinski definition) is 7. The predicted molar refractivity (Wildman–Crippen MR) is 116 cm³/mol. The first-order chi connectivity index (χ1) is 12.3. The third-order valence-electron chi connectivity index (χ3n) is 3.17. The van der Waals surface area contributed by atoms with Gasteiger partial charge in [-0.1, -0.05) is 42.4 Å². The Hall–Kier alpha value is -0.0500. The van der Waals surface area contributed by atoms with E-state index in [1.165, 1.54) is 0 Å². The minimum atomic E-state index is -0.143. The zero-order chi connectivity index (χ0) is 19.8. The van der Waals surface area contributed by atoms with Crippen molar-refractivity contribution in [3.8, 4) is 0 Å². The molecule has 0 aliphatic carbocycles. The average molecular weight is 426 g/mol. The summed E-state index contributed by atoms with van der Waals surface area (Å²) in [5.41, 5.74) is 0. The first kappa shape index (κ1) is 26.0. The summed E-state index contributed by atoms with van der Waals surface area (Å²) < 4.78 is 10.5. The molecule has 0 saturated heterocycles. The summed E-state index contributed by atoms with van der Waals surface area (Å²) in [6.07, 6.45) is 1.16. The summed E-state index contributed by atoms with van der Waals surface area (Å²) >= 11 is 1.79. The van der Waals surface area contributed by atoms with E-state index in [0.717, 1.165) is 36.0 Å².